The highest BCUT2D eigenvalue weighted by atomic mass is 16.4. The highest BCUT2D eigenvalue weighted by Gasteiger charge is 2.48. The van der Waals surface area contributed by atoms with Gasteiger partial charge in [0.05, 0.1) is 24.9 Å². The van der Waals surface area contributed by atoms with Gasteiger partial charge in [0.1, 0.15) is 5.41 Å². The molecule has 0 unspecified atom stereocenters. The Hall–Kier alpha value is -2.09. The van der Waals surface area contributed by atoms with Gasteiger partial charge in [-0.25, -0.2) is 4.79 Å². The molecule has 1 aliphatic heterocycles. The quantitative estimate of drug-likeness (QED) is 0.733. The van der Waals surface area contributed by atoms with E-state index in [-0.39, 0.29) is 13.1 Å². The number of pyridine rings is 1. The van der Waals surface area contributed by atoms with Crippen LogP contribution < -0.4 is 0 Å². The van der Waals surface area contributed by atoms with E-state index in [0.29, 0.717) is 5.69 Å². The van der Waals surface area contributed by atoms with Crippen LogP contribution in [-0.4, -0.2) is 34.2 Å². The number of amides is 1. The molecule has 2 heterocycles. The molecule has 0 radical (unpaired) electrons. The zero-order chi connectivity index (χ0) is 10.9. The van der Waals surface area contributed by atoms with Crippen molar-refractivity contribution >= 4 is 6.09 Å². The van der Waals surface area contributed by atoms with E-state index >= 15 is 0 Å². The number of aromatic nitrogens is 1. The largest absolute Gasteiger partial charge is 0.465 e. The Morgan fingerprint density at radius 2 is 2.33 bits per heavy atom. The lowest BCUT2D eigenvalue weighted by Gasteiger charge is -2.43. The lowest BCUT2D eigenvalue weighted by atomic mass is 9.78. The Labute approximate surface area is 86.6 Å². The fraction of sp³-hybridized carbons (Fsp3) is 0.300. The number of hydrogen-bond donors (Lipinski definition) is 1. The first-order valence-electron chi connectivity index (χ1n) is 4.48. The van der Waals surface area contributed by atoms with E-state index in [1.54, 1.807) is 24.4 Å². The fourth-order valence-corrected chi connectivity index (χ4v) is 1.68. The minimum Gasteiger partial charge on any atom is -0.465 e. The summed E-state index contributed by atoms with van der Waals surface area (Å²) in [4.78, 5) is 15.9. The number of carbonyl (C=O) groups is 1. The van der Waals surface area contributed by atoms with Crippen LogP contribution >= 0.6 is 0 Å². The summed E-state index contributed by atoms with van der Waals surface area (Å²) in [6, 6.07) is 7.46. The number of carboxylic acid groups (broad SMARTS) is 1. The highest BCUT2D eigenvalue weighted by Crippen LogP contribution is 2.32. The zero-order valence-electron chi connectivity index (χ0n) is 7.92. The third kappa shape index (κ3) is 1.40. The molecule has 1 aromatic heterocycles. The molecule has 5 heteroatoms. The number of nitrogens with zero attached hydrogens (tertiary/aromatic N) is 3. The predicted octanol–water partition coefficient (Wildman–Crippen LogP) is 0.837. The maximum absolute atomic E-state index is 10.6. The molecule has 0 aromatic carbocycles. The van der Waals surface area contributed by atoms with Gasteiger partial charge in [-0.1, -0.05) is 6.07 Å². The van der Waals surface area contributed by atoms with Crippen molar-refractivity contribution in [2.45, 2.75) is 5.41 Å². The van der Waals surface area contributed by atoms with E-state index in [2.05, 4.69) is 11.1 Å². The van der Waals surface area contributed by atoms with Gasteiger partial charge in [-0.05, 0) is 12.1 Å². The van der Waals surface area contributed by atoms with Gasteiger partial charge in [0, 0.05) is 6.20 Å². The van der Waals surface area contributed by atoms with E-state index in [0.717, 1.165) is 0 Å². The molecule has 0 bridgehead atoms. The second-order valence-electron chi connectivity index (χ2n) is 3.55. The van der Waals surface area contributed by atoms with Crippen molar-refractivity contribution in [2.75, 3.05) is 13.1 Å². The van der Waals surface area contributed by atoms with Gasteiger partial charge in [-0.3, -0.25) is 4.98 Å². The summed E-state index contributed by atoms with van der Waals surface area (Å²) in [5.74, 6) is 0. The monoisotopic (exact) mass is 203 g/mol. The predicted molar refractivity (Wildman–Crippen MR) is 51.1 cm³/mol. The van der Waals surface area contributed by atoms with E-state index in [1.807, 2.05) is 0 Å². The molecular formula is C10H9N3O2. The molecule has 76 valence electrons. The topological polar surface area (TPSA) is 77.2 Å². The molecule has 1 saturated heterocycles. The van der Waals surface area contributed by atoms with Crippen LogP contribution in [0.2, 0.25) is 0 Å². The standard InChI is InChI=1S/C10H9N3O2/c11-5-10(6-13(7-10)9(14)15)8-3-1-2-4-12-8/h1-4H,6-7H2,(H,14,15). The summed E-state index contributed by atoms with van der Waals surface area (Å²) in [5, 5.41) is 17.8. The van der Waals surface area contributed by atoms with Crippen molar-refractivity contribution in [1.29, 1.82) is 5.26 Å². The van der Waals surface area contributed by atoms with Gasteiger partial charge in [-0.2, -0.15) is 5.26 Å². The summed E-state index contributed by atoms with van der Waals surface area (Å²) in [7, 11) is 0. The van der Waals surface area contributed by atoms with Crippen LogP contribution in [0.4, 0.5) is 4.79 Å². The number of rotatable bonds is 1. The Balaban J connectivity index is 2.22. The third-order valence-corrected chi connectivity index (χ3v) is 2.56. The average Bonchev–Trinajstić information content (AvgIpc) is 2.18. The van der Waals surface area contributed by atoms with E-state index in [4.69, 9.17) is 10.4 Å². The van der Waals surface area contributed by atoms with E-state index < -0.39 is 11.5 Å². The van der Waals surface area contributed by atoms with Crippen molar-refractivity contribution in [3.8, 4) is 6.07 Å². The second kappa shape index (κ2) is 3.24. The summed E-state index contributed by atoms with van der Waals surface area (Å²) in [5.41, 5.74) is -0.107. The van der Waals surface area contributed by atoms with Crippen LogP contribution in [0.1, 0.15) is 5.69 Å². The molecule has 1 fully saturated rings. The van der Waals surface area contributed by atoms with Crippen LogP contribution in [0, 0.1) is 11.3 Å². The molecule has 2 rings (SSSR count). The summed E-state index contributed by atoms with van der Waals surface area (Å²) in [6.45, 7) is 0.408. The smallest absolute Gasteiger partial charge is 0.407 e. The molecule has 1 amide bonds. The van der Waals surface area contributed by atoms with Crippen molar-refractivity contribution in [3.05, 3.63) is 30.1 Å². The SMILES string of the molecule is N#CC1(c2ccccn2)CN(C(=O)O)C1. The zero-order valence-corrected chi connectivity index (χ0v) is 7.92. The first kappa shape index (κ1) is 9.46. The average molecular weight is 203 g/mol. The molecular weight excluding hydrogens is 194 g/mol. The highest BCUT2D eigenvalue weighted by molar-refractivity contribution is 5.67. The van der Waals surface area contributed by atoms with Crippen molar-refractivity contribution in [3.63, 3.8) is 0 Å². The lowest BCUT2D eigenvalue weighted by Crippen LogP contribution is -2.60. The summed E-state index contributed by atoms with van der Waals surface area (Å²) in [6.07, 6.45) is 0.620. The summed E-state index contributed by atoms with van der Waals surface area (Å²) < 4.78 is 0. The molecule has 0 spiro atoms. The molecule has 0 atom stereocenters. The van der Waals surface area contributed by atoms with Crippen LogP contribution in [0.15, 0.2) is 24.4 Å². The third-order valence-electron chi connectivity index (χ3n) is 2.56. The number of likely N-dealkylation sites (tertiary alicyclic amines) is 1. The number of nitriles is 1. The van der Waals surface area contributed by atoms with Crippen LogP contribution in [0.5, 0.6) is 0 Å². The van der Waals surface area contributed by atoms with Crippen molar-refractivity contribution < 1.29 is 9.90 Å². The Bertz CT molecular complexity index is 418. The van der Waals surface area contributed by atoms with Gasteiger partial charge in [0.25, 0.3) is 0 Å². The van der Waals surface area contributed by atoms with Crippen LogP contribution in [-0.2, 0) is 5.41 Å². The molecule has 0 saturated carbocycles. The van der Waals surface area contributed by atoms with Crippen LogP contribution in [0.25, 0.3) is 0 Å². The molecule has 15 heavy (non-hydrogen) atoms. The molecule has 1 aliphatic rings. The molecule has 5 nitrogen and oxygen atoms in total. The lowest BCUT2D eigenvalue weighted by molar-refractivity contribution is 0.0817. The minimum atomic E-state index is -0.989. The maximum atomic E-state index is 10.6. The van der Waals surface area contributed by atoms with Gasteiger partial charge in [-0.15, -0.1) is 0 Å². The van der Waals surface area contributed by atoms with Crippen LogP contribution in [0.3, 0.4) is 0 Å². The first-order valence-corrected chi connectivity index (χ1v) is 4.48. The van der Waals surface area contributed by atoms with E-state index in [1.165, 1.54) is 4.90 Å². The molecule has 1 N–H and O–H groups in total. The Morgan fingerprint density at radius 3 is 2.80 bits per heavy atom. The normalized spacial score (nSPS) is 17.7. The first-order chi connectivity index (χ1) is 7.18. The molecule has 0 aliphatic carbocycles. The Kier molecular flexibility index (Phi) is 2.05. The van der Waals surface area contributed by atoms with Gasteiger partial charge < -0.3 is 10.0 Å². The Morgan fingerprint density at radius 1 is 1.60 bits per heavy atom. The fourth-order valence-electron chi connectivity index (χ4n) is 1.68. The van der Waals surface area contributed by atoms with Crippen molar-refractivity contribution in [1.82, 2.24) is 9.88 Å². The second-order valence-corrected chi connectivity index (χ2v) is 3.55. The molecule has 1 aromatic rings. The van der Waals surface area contributed by atoms with Gasteiger partial charge in [0.15, 0.2) is 0 Å². The minimum absolute atomic E-state index is 0.204. The van der Waals surface area contributed by atoms with Gasteiger partial charge in [0.2, 0.25) is 0 Å². The maximum Gasteiger partial charge on any atom is 0.407 e. The van der Waals surface area contributed by atoms with E-state index in [9.17, 15) is 4.79 Å². The van der Waals surface area contributed by atoms with Gasteiger partial charge >= 0.3 is 6.09 Å². The summed E-state index contributed by atoms with van der Waals surface area (Å²) >= 11 is 0. The number of hydrogen-bond acceptors (Lipinski definition) is 3. The van der Waals surface area contributed by atoms with Crippen molar-refractivity contribution in [2.24, 2.45) is 0 Å².